The molecular formula is C22H27NO4S. The molecule has 0 unspecified atom stereocenters. The molecule has 150 valence electrons. The van der Waals surface area contributed by atoms with Gasteiger partial charge in [0.1, 0.15) is 5.75 Å². The summed E-state index contributed by atoms with van der Waals surface area (Å²) in [5.41, 5.74) is 1.32. The van der Waals surface area contributed by atoms with Gasteiger partial charge in [0.2, 0.25) is 10.0 Å². The molecule has 0 fully saturated rings. The van der Waals surface area contributed by atoms with Gasteiger partial charge in [0.25, 0.3) is 0 Å². The summed E-state index contributed by atoms with van der Waals surface area (Å²) >= 11 is 0. The first-order valence-electron chi connectivity index (χ1n) is 9.18. The molecule has 0 aliphatic carbocycles. The molecule has 0 saturated heterocycles. The van der Waals surface area contributed by atoms with Crippen LogP contribution in [0.3, 0.4) is 0 Å². The van der Waals surface area contributed by atoms with E-state index in [2.05, 4.69) is 13.8 Å². The fraction of sp³-hybridized carbons (Fsp3) is 0.318. The number of carbonyl (C=O) groups is 1. The first-order chi connectivity index (χ1) is 13.2. The van der Waals surface area contributed by atoms with Crippen LogP contribution in [0.1, 0.15) is 36.2 Å². The van der Waals surface area contributed by atoms with Crippen LogP contribution in [0.2, 0.25) is 0 Å². The summed E-state index contributed by atoms with van der Waals surface area (Å²) < 4.78 is 31.0. The number of hydrogen-bond acceptors (Lipinski definition) is 4. The van der Waals surface area contributed by atoms with E-state index in [1.54, 1.807) is 6.08 Å². The zero-order chi connectivity index (χ0) is 20.7. The Morgan fingerprint density at radius 2 is 1.64 bits per heavy atom. The summed E-state index contributed by atoms with van der Waals surface area (Å²) in [6.45, 7) is 5.00. The van der Waals surface area contributed by atoms with Crippen LogP contribution < -0.4 is 4.74 Å². The zero-order valence-electron chi connectivity index (χ0n) is 16.8. The molecule has 28 heavy (non-hydrogen) atoms. The lowest BCUT2D eigenvalue weighted by atomic mass is 10.1. The van der Waals surface area contributed by atoms with E-state index in [4.69, 9.17) is 4.74 Å². The van der Waals surface area contributed by atoms with E-state index >= 15 is 0 Å². The molecule has 0 saturated carbocycles. The predicted molar refractivity (Wildman–Crippen MR) is 112 cm³/mol. The second-order valence-corrected chi connectivity index (χ2v) is 9.26. The highest BCUT2D eigenvalue weighted by atomic mass is 32.2. The number of hydrogen-bond donors (Lipinski definition) is 0. The summed E-state index contributed by atoms with van der Waals surface area (Å²) in [5.74, 6) is 1.22. The molecule has 0 atom stereocenters. The summed E-state index contributed by atoms with van der Waals surface area (Å²) in [6.07, 6.45) is 4.21. The molecule has 5 nitrogen and oxygen atoms in total. The van der Waals surface area contributed by atoms with Crippen molar-refractivity contribution in [2.24, 2.45) is 5.92 Å². The molecule has 2 aromatic rings. The van der Waals surface area contributed by atoms with Gasteiger partial charge in [0, 0.05) is 19.7 Å². The van der Waals surface area contributed by atoms with Gasteiger partial charge in [0.05, 0.1) is 11.5 Å². The Labute approximate surface area is 167 Å². The van der Waals surface area contributed by atoms with Crippen molar-refractivity contribution in [1.82, 2.24) is 4.31 Å². The molecule has 6 heteroatoms. The van der Waals surface area contributed by atoms with Gasteiger partial charge in [-0.3, -0.25) is 4.79 Å². The highest BCUT2D eigenvalue weighted by molar-refractivity contribution is 7.89. The van der Waals surface area contributed by atoms with Gasteiger partial charge in [-0.15, -0.1) is 0 Å². The van der Waals surface area contributed by atoms with E-state index < -0.39 is 10.0 Å². The summed E-state index contributed by atoms with van der Waals surface area (Å²) in [4.78, 5) is 12.5. The third-order valence-corrected chi connectivity index (χ3v) is 6.02. The quantitative estimate of drug-likeness (QED) is 0.465. The van der Waals surface area contributed by atoms with Crippen LogP contribution in [0.4, 0.5) is 0 Å². The van der Waals surface area contributed by atoms with E-state index in [0.717, 1.165) is 22.0 Å². The van der Waals surface area contributed by atoms with Crippen LogP contribution in [-0.2, 0) is 10.0 Å². The van der Waals surface area contributed by atoms with Crippen molar-refractivity contribution in [2.75, 3.05) is 20.7 Å². The Kier molecular flexibility index (Phi) is 7.54. The van der Waals surface area contributed by atoms with Crippen LogP contribution in [0, 0.1) is 5.92 Å². The van der Waals surface area contributed by atoms with E-state index in [1.165, 1.54) is 44.4 Å². The topological polar surface area (TPSA) is 63.7 Å². The predicted octanol–water partition coefficient (Wildman–Crippen LogP) is 4.26. The van der Waals surface area contributed by atoms with Crippen molar-refractivity contribution in [3.05, 3.63) is 65.7 Å². The molecular weight excluding hydrogens is 374 g/mol. The second-order valence-electron chi connectivity index (χ2n) is 7.11. The Bertz CT molecular complexity index is 912. The maximum Gasteiger partial charge on any atom is 0.242 e. The van der Waals surface area contributed by atoms with Crippen molar-refractivity contribution in [1.29, 1.82) is 0 Å². The van der Waals surface area contributed by atoms with Crippen LogP contribution in [-0.4, -0.2) is 39.2 Å². The van der Waals surface area contributed by atoms with Gasteiger partial charge in [-0.25, -0.2) is 12.7 Å². The van der Waals surface area contributed by atoms with Gasteiger partial charge in [-0.05, 0) is 60.4 Å². The minimum absolute atomic E-state index is 0.158. The number of ether oxygens (including phenoxy) is 1. The molecule has 2 aromatic carbocycles. The minimum Gasteiger partial charge on any atom is -0.494 e. The highest BCUT2D eigenvalue weighted by Gasteiger charge is 2.17. The number of carbonyl (C=O) groups excluding carboxylic acids is 1. The monoisotopic (exact) mass is 401 g/mol. The molecule has 2 rings (SSSR count). The number of rotatable bonds is 9. The van der Waals surface area contributed by atoms with Crippen molar-refractivity contribution in [3.8, 4) is 5.75 Å². The zero-order valence-corrected chi connectivity index (χ0v) is 17.6. The Morgan fingerprint density at radius 3 is 2.18 bits per heavy atom. The van der Waals surface area contributed by atoms with E-state index in [9.17, 15) is 13.2 Å². The summed E-state index contributed by atoms with van der Waals surface area (Å²) in [5, 5.41) is 0. The van der Waals surface area contributed by atoms with Gasteiger partial charge in [0.15, 0.2) is 5.78 Å². The third kappa shape index (κ3) is 6.04. The van der Waals surface area contributed by atoms with Gasteiger partial charge >= 0.3 is 0 Å². The lowest BCUT2D eigenvalue weighted by Gasteiger charge is -2.11. The standard InChI is InChI=1S/C22H27NO4S/c1-17(2)15-16-27-20-10-5-18(6-11-20)7-14-22(24)19-8-12-21(13-9-19)28(25,26)23(3)4/h5-14,17H,15-16H2,1-4H3. The minimum atomic E-state index is -3.50. The number of benzene rings is 2. The lowest BCUT2D eigenvalue weighted by Crippen LogP contribution is -2.22. The molecule has 0 radical (unpaired) electrons. The largest absolute Gasteiger partial charge is 0.494 e. The molecule has 0 amide bonds. The molecule has 0 aromatic heterocycles. The lowest BCUT2D eigenvalue weighted by molar-refractivity contribution is 0.104. The van der Waals surface area contributed by atoms with Crippen LogP contribution >= 0.6 is 0 Å². The average molecular weight is 402 g/mol. The van der Waals surface area contributed by atoms with Gasteiger partial charge < -0.3 is 4.74 Å². The Hall–Kier alpha value is -2.44. The van der Waals surface area contributed by atoms with Crippen LogP contribution in [0.5, 0.6) is 5.75 Å². The van der Waals surface area contributed by atoms with Crippen LogP contribution in [0.25, 0.3) is 6.08 Å². The van der Waals surface area contributed by atoms with E-state index in [1.807, 2.05) is 24.3 Å². The van der Waals surface area contributed by atoms with Crippen molar-refractivity contribution >= 4 is 21.9 Å². The maximum absolute atomic E-state index is 12.3. The van der Waals surface area contributed by atoms with Gasteiger partial charge in [-0.2, -0.15) is 0 Å². The third-order valence-electron chi connectivity index (χ3n) is 4.19. The SMILES string of the molecule is CC(C)CCOc1ccc(C=CC(=O)c2ccc(S(=O)(=O)N(C)C)cc2)cc1. The maximum atomic E-state index is 12.3. The number of nitrogens with zero attached hydrogens (tertiary/aromatic N) is 1. The second kappa shape index (κ2) is 9.66. The molecule has 0 aliphatic heterocycles. The van der Waals surface area contributed by atoms with Gasteiger partial charge in [-0.1, -0.05) is 32.1 Å². The highest BCUT2D eigenvalue weighted by Crippen LogP contribution is 2.16. The number of sulfonamides is 1. The molecule has 0 bridgehead atoms. The molecule has 0 spiro atoms. The number of ketones is 1. The normalized spacial score (nSPS) is 12.1. The fourth-order valence-electron chi connectivity index (χ4n) is 2.36. The molecule has 0 aliphatic rings. The summed E-state index contributed by atoms with van der Waals surface area (Å²) in [7, 11) is -0.558. The van der Waals surface area contributed by atoms with E-state index in [-0.39, 0.29) is 10.7 Å². The Morgan fingerprint density at radius 1 is 1.04 bits per heavy atom. The first-order valence-corrected chi connectivity index (χ1v) is 10.6. The summed E-state index contributed by atoms with van der Waals surface area (Å²) in [6, 6.07) is 13.5. The van der Waals surface area contributed by atoms with Crippen molar-refractivity contribution < 1.29 is 17.9 Å². The smallest absolute Gasteiger partial charge is 0.242 e. The molecule has 0 N–H and O–H groups in total. The Balaban J connectivity index is 1.99. The van der Waals surface area contributed by atoms with Crippen molar-refractivity contribution in [3.63, 3.8) is 0 Å². The van der Waals surface area contributed by atoms with Crippen molar-refractivity contribution in [2.45, 2.75) is 25.2 Å². The fourth-order valence-corrected chi connectivity index (χ4v) is 3.26. The van der Waals surface area contributed by atoms with E-state index in [0.29, 0.717) is 18.1 Å². The number of allylic oxidation sites excluding steroid dienone is 1. The average Bonchev–Trinajstić information content (AvgIpc) is 2.66. The van der Waals surface area contributed by atoms with Crippen LogP contribution in [0.15, 0.2) is 59.5 Å². The first kappa shape index (κ1) is 21.9. The molecule has 0 heterocycles.